The molecule has 1 heterocycles. The number of carbonyl (C=O) groups excluding carboxylic acids is 2. The maximum absolute atomic E-state index is 12.6. The number of hydrazone groups is 1. The number of aryl methyl sites for hydroxylation is 1. The first kappa shape index (κ1) is 20.1. The molecule has 3 aromatic rings. The number of hydrogen-bond acceptors (Lipinski definition) is 4. The predicted molar refractivity (Wildman–Crippen MR) is 113 cm³/mol. The molecule has 0 atom stereocenters. The summed E-state index contributed by atoms with van der Waals surface area (Å²) >= 11 is 6.18. The molecule has 0 unspecified atom stereocenters. The number of halogens is 1. The maximum atomic E-state index is 12.6. The zero-order chi connectivity index (χ0) is 20.6. The van der Waals surface area contributed by atoms with Crippen LogP contribution < -0.4 is 10.7 Å². The summed E-state index contributed by atoms with van der Waals surface area (Å²) in [5.41, 5.74) is 3.38. The van der Waals surface area contributed by atoms with Crippen molar-refractivity contribution in [3.05, 3.63) is 100 Å². The SMILES string of the molecule is Cc1ccc(/C=N\NC(=O)/C(=C/c2ccccc2Cl)NC(=O)c2ccccc2)o1. The second-order valence-corrected chi connectivity index (χ2v) is 6.45. The largest absolute Gasteiger partial charge is 0.460 e. The average Bonchev–Trinajstić information content (AvgIpc) is 3.14. The van der Waals surface area contributed by atoms with Gasteiger partial charge in [0.15, 0.2) is 0 Å². The Morgan fingerprint density at radius 1 is 1.00 bits per heavy atom. The van der Waals surface area contributed by atoms with E-state index in [1.54, 1.807) is 73.7 Å². The van der Waals surface area contributed by atoms with Crippen LogP contribution in [0.3, 0.4) is 0 Å². The highest BCUT2D eigenvalue weighted by Gasteiger charge is 2.15. The van der Waals surface area contributed by atoms with Crippen LogP contribution >= 0.6 is 11.6 Å². The van der Waals surface area contributed by atoms with Crippen molar-refractivity contribution < 1.29 is 14.0 Å². The highest BCUT2D eigenvalue weighted by atomic mass is 35.5. The molecule has 2 amide bonds. The van der Waals surface area contributed by atoms with E-state index in [0.29, 0.717) is 21.9 Å². The van der Waals surface area contributed by atoms with Crippen LogP contribution in [0.2, 0.25) is 5.02 Å². The van der Waals surface area contributed by atoms with Crippen molar-refractivity contribution in [3.8, 4) is 0 Å². The molecule has 0 saturated heterocycles. The third-order valence-electron chi connectivity index (χ3n) is 3.85. The second kappa shape index (κ2) is 9.52. The van der Waals surface area contributed by atoms with Crippen LogP contribution in [-0.2, 0) is 4.79 Å². The normalized spacial score (nSPS) is 11.4. The number of furan rings is 1. The molecule has 2 N–H and O–H groups in total. The molecule has 0 saturated carbocycles. The molecular formula is C22H18ClN3O3. The van der Waals surface area contributed by atoms with E-state index >= 15 is 0 Å². The van der Waals surface area contributed by atoms with Gasteiger partial charge in [0.25, 0.3) is 11.8 Å². The quantitative estimate of drug-likeness (QED) is 0.365. The van der Waals surface area contributed by atoms with E-state index in [-0.39, 0.29) is 5.70 Å². The molecular weight excluding hydrogens is 390 g/mol. The first-order chi connectivity index (χ1) is 14.0. The van der Waals surface area contributed by atoms with Crippen molar-refractivity contribution in [3.63, 3.8) is 0 Å². The van der Waals surface area contributed by atoms with Gasteiger partial charge >= 0.3 is 0 Å². The lowest BCUT2D eigenvalue weighted by molar-refractivity contribution is -0.117. The summed E-state index contributed by atoms with van der Waals surface area (Å²) in [4.78, 5) is 25.2. The molecule has 0 aliphatic rings. The summed E-state index contributed by atoms with van der Waals surface area (Å²) in [6.07, 6.45) is 2.86. The van der Waals surface area contributed by atoms with Crippen molar-refractivity contribution in [2.75, 3.05) is 0 Å². The molecule has 0 aliphatic carbocycles. The number of nitrogens with one attached hydrogen (secondary N) is 2. The fraction of sp³-hybridized carbons (Fsp3) is 0.0455. The van der Waals surface area contributed by atoms with E-state index in [1.165, 1.54) is 12.3 Å². The lowest BCUT2D eigenvalue weighted by Gasteiger charge is -2.09. The van der Waals surface area contributed by atoms with Gasteiger partial charge in [-0.1, -0.05) is 48.0 Å². The van der Waals surface area contributed by atoms with E-state index in [4.69, 9.17) is 16.0 Å². The Balaban J connectivity index is 1.81. The molecule has 0 spiro atoms. The molecule has 0 bridgehead atoms. The van der Waals surface area contributed by atoms with Crippen LogP contribution in [0.4, 0.5) is 0 Å². The Morgan fingerprint density at radius 3 is 2.41 bits per heavy atom. The van der Waals surface area contributed by atoms with Crippen molar-refractivity contribution in [1.29, 1.82) is 0 Å². The lowest BCUT2D eigenvalue weighted by Crippen LogP contribution is -2.32. The molecule has 0 fully saturated rings. The van der Waals surface area contributed by atoms with Crippen molar-refractivity contribution in [2.45, 2.75) is 6.92 Å². The standard InChI is InChI=1S/C22H18ClN3O3/c1-15-11-12-18(29-15)14-24-26-22(28)20(13-17-9-5-6-10-19(17)23)25-21(27)16-7-3-2-4-8-16/h2-14H,1H3,(H,25,27)(H,26,28)/b20-13-,24-14-. The number of amides is 2. The van der Waals surface area contributed by atoms with Crippen LogP contribution in [0.1, 0.15) is 27.4 Å². The molecule has 29 heavy (non-hydrogen) atoms. The van der Waals surface area contributed by atoms with E-state index in [9.17, 15) is 9.59 Å². The fourth-order valence-corrected chi connectivity index (χ4v) is 2.62. The number of nitrogens with zero attached hydrogens (tertiary/aromatic N) is 1. The zero-order valence-electron chi connectivity index (χ0n) is 15.6. The average molecular weight is 408 g/mol. The van der Waals surface area contributed by atoms with Crippen molar-refractivity contribution in [2.24, 2.45) is 5.10 Å². The van der Waals surface area contributed by atoms with Gasteiger partial charge < -0.3 is 9.73 Å². The Bertz CT molecular complexity index is 1070. The van der Waals surface area contributed by atoms with Crippen LogP contribution in [0.15, 0.2) is 81.9 Å². The minimum Gasteiger partial charge on any atom is -0.460 e. The summed E-state index contributed by atoms with van der Waals surface area (Å²) in [7, 11) is 0. The zero-order valence-corrected chi connectivity index (χ0v) is 16.3. The van der Waals surface area contributed by atoms with Crippen LogP contribution in [0.25, 0.3) is 6.08 Å². The monoisotopic (exact) mass is 407 g/mol. The highest BCUT2D eigenvalue weighted by molar-refractivity contribution is 6.32. The van der Waals surface area contributed by atoms with Gasteiger partial charge in [0.2, 0.25) is 0 Å². The third-order valence-corrected chi connectivity index (χ3v) is 4.20. The van der Waals surface area contributed by atoms with Gasteiger partial charge in [-0.05, 0) is 48.9 Å². The number of benzene rings is 2. The molecule has 146 valence electrons. The molecule has 0 aliphatic heterocycles. The molecule has 0 radical (unpaired) electrons. The number of hydrogen-bond donors (Lipinski definition) is 2. The summed E-state index contributed by atoms with van der Waals surface area (Å²) < 4.78 is 5.36. The van der Waals surface area contributed by atoms with Gasteiger partial charge in [0.05, 0.1) is 6.21 Å². The van der Waals surface area contributed by atoms with E-state index < -0.39 is 11.8 Å². The summed E-state index contributed by atoms with van der Waals surface area (Å²) in [5.74, 6) is 0.193. The van der Waals surface area contributed by atoms with Crippen LogP contribution in [0, 0.1) is 6.92 Å². The molecule has 3 rings (SSSR count). The summed E-state index contributed by atoms with van der Waals surface area (Å²) in [5, 5.41) is 6.94. The smallest absolute Gasteiger partial charge is 0.287 e. The highest BCUT2D eigenvalue weighted by Crippen LogP contribution is 2.18. The second-order valence-electron chi connectivity index (χ2n) is 6.05. The van der Waals surface area contributed by atoms with Gasteiger partial charge in [-0.25, -0.2) is 5.43 Å². The van der Waals surface area contributed by atoms with Crippen molar-refractivity contribution >= 4 is 35.7 Å². The molecule has 1 aromatic heterocycles. The Labute approximate surface area is 172 Å². The van der Waals surface area contributed by atoms with Gasteiger partial charge in [0.1, 0.15) is 17.2 Å². The maximum Gasteiger partial charge on any atom is 0.287 e. The predicted octanol–water partition coefficient (Wildman–Crippen LogP) is 4.16. The number of carbonyl (C=O) groups is 2. The topological polar surface area (TPSA) is 83.7 Å². The van der Waals surface area contributed by atoms with E-state index in [1.807, 2.05) is 0 Å². The van der Waals surface area contributed by atoms with Crippen LogP contribution in [0.5, 0.6) is 0 Å². The lowest BCUT2D eigenvalue weighted by atomic mass is 10.1. The number of rotatable bonds is 6. The minimum absolute atomic E-state index is 0.000251. The molecule has 6 nitrogen and oxygen atoms in total. The van der Waals surface area contributed by atoms with Gasteiger partial charge in [-0.2, -0.15) is 5.10 Å². The van der Waals surface area contributed by atoms with Crippen molar-refractivity contribution in [1.82, 2.24) is 10.7 Å². The minimum atomic E-state index is -0.603. The molecule has 7 heteroatoms. The fourth-order valence-electron chi connectivity index (χ4n) is 2.43. The first-order valence-corrected chi connectivity index (χ1v) is 9.13. The Hall–Kier alpha value is -3.64. The van der Waals surface area contributed by atoms with Gasteiger partial charge in [0, 0.05) is 10.6 Å². The Morgan fingerprint density at radius 2 is 1.72 bits per heavy atom. The van der Waals surface area contributed by atoms with Crippen LogP contribution in [-0.4, -0.2) is 18.0 Å². The third kappa shape index (κ3) is 5.67. The summed E-state index contributed by atoms with van der Waals surface area (Å²) in [6, 6.07) is 19.1. The van der Waals surface area contributed by atoms with Gasteiger partial charge in [-0.15, -0.1) is 0 Å². The molecule has 2 aromatic carbocycles. The first-order valence-electron chi connectivity index (χ1n) is 8.75. The Kier molecular flexibility index (Phi) is 6.60. The van der Waals surface area contributed by atoms with Gasteiger partial charge in [-0.3, -0.25) is 9.59 Å². The van der Waals surface area contributed by atoms with E-state index in [0.717, 1.165) is 5.76 Å². The van der Waals surface area contributed by atoms with E-state index in [2.05, 4.69) is 15.8 Å². The summed E-state index contributed by atoms with van der Waals surface area (Å²) in [6.45, 7) is 1.81.